The summed E-state index contributed by atoms with van der Waals surface area (Å²) in [6.07, 6.45) is 3.92. The molecule has 0 N–H and O–H groups in total. The first-order chi connectivity index (χ1) is 8.36. The predicted molar refractivity (Wildman–Crippen MR) is 72.8 cm³/mol. The summed E-state index contributed by atoms with van der Waals surface area (Å²) in [5.41, 5.74) is 0. The first-order valence-electron chi connectivity index (χ1n) is 5.89. The van der Waals surface area contributed by atoms with Gasteiger partial charge in [-0.3, -0.25) is 0 Å². The first-order valence-corrected chi connectivity index (χ1v) is 7.95. The van der Waals surface area contributed by atoms with Gasteiger partial charge in [0.25, 0.3) is 0 Å². The Kier molecular flexibility index (Phi) is 8.02. The average molecular weight is 299 g/mol. The van der Waals surface area contributed by atoms with E-state index in [0.29, 0.717) is 28.2 Å². The van der Waals surface area contributed by atoms with Crippen molar-refractivity contribution in [3.63, 3.8) is 0 Å². The maximum absolute atomic E-state index is 5.65. The Bertz CT molecular complexity index is 311. The summed E-state index contributed by atoms with van der Waals surface area (Å²) in [7, 11) is 0. The van der Waals surface area contributed by atoms with Gasteiger partial charge in [0, 0.05) is 0 Å². The summed E-state index contributed by atoms with van der Waals surface area (Å²) < 4.78 is 12.6. The molecular formula is C14H20O2Se. The van der Waals surface area contributed by atoms with Crippen LogP contribution in [0.4, 0.5) is 0 Å². The third kappa shape index (κ3) is 6.64. The van der Waals surface area contributed by atoms with E-state index in [1.165, 1.54) is 4.46 Å². The number of ether oxygens (including phenoxy) is 2. The number of rotatable bonds is 8. The van der Waals surface area contributed by atoms with E-state index in [2.05, 4.69) is 24.3 Å². The SMILES string of the molecule is C/C=C/COC(C[Se]c1ccccc1)OCC. The summed E-state index contributed by atoms with van der Waals surface area (Å²) in [6, 6.07) is 10.5. The van der Waals surface area contributed by atoms with E-state index in [-0.39, 0.29) is 6.29 Å². The van der Waals surface area contributed by atoms with Crippen LogP contribution in [0.25, 0.3) is 0 Å². The van der Waals surface area contributed by atoms with E-state index in [1.807, 2.05) is 32.1 Å². The molecule has 0 aliphatic heterocycles. The van der Waals surface area contributed by atoms with Gasteiger partial charge in [0.05, 0.1) is 0 Å². The molecule has 0 aliphatic carbocycles. The predicted octanol–water partition coefficient (Wildman–Crippen LogP) is 2.39. The molecule has 0 heterocycles. The molecule has 0 bridgehead atoms. The number of hydrogen-bond donors (Lipinski definition) is 0. The normalized spacial score (nSPS) is 13.1. The van der Waals surface area contributed by atoms with Gasteiger partial charge >= 0.3 is 110 Å². The fourth-order valence-electron chi connectivity index (χ4n) is 1.27. The van der Waals surface area contributed by atoms with Gasteiger partial charge in [-0.2, -0.15) is 0 Å². The van der Waals surface area contributed by atoms with Crippen LogP contribution in [0.1, 0.15) is 13.8 Å². The Morgan fingerprint density at radius 2 is 2.00 bits per heavy atom. The van der Waals surface area contributed by atoms with Crippen LogP contribution in [0.5, 0.6) is 0 Å². The molecular weight excluding hydrogens is 279 g/mol. The molecule has 0 saturated carbocycles. The van der Waals surface area contributed by atoms with Gasteiger partial charge in [-0.25, -0.2) is 0 Å². The van der Waals surface area contributed by atoms with E-state index in [4.69, 9.17) is 9.47 Å². The van der Waals surface area contributed by atoms with Crippen LogP contribution in [0, 0.1) is 0 Å². The molecule has 0 aromatic heterocycles. The summed E-state index contributed by atoms with van der Waals surface area (Å²) in [4.78, 5) is 0. The average Bonchev–Trinajstić information content (AvgIpc) is 2.37. The fourth-order valence-corrected chi connectivity index (χ4v) is 3.10. The zero-order valence-electron chi connectivity index (χ0n) is 10.5. The van der Waals surface area contributed by atoms with Crippen LogP contribution in [-0.4, -0.2) is 34.5 Å². The Morgan fingerprint density at radius 3 is 2.65 bits per heavy atom. The van der Waals surface area contributed by atoms with Crippen molar-refractivity contribution in [1.82, 2.24) is 0 Å². The van der Waals surface area contributed by atoms with E-state index in [0.717, 1.165) is 5.32 Å². The Hall–Kier alpha value is -0.601. The fraction of sp³-hybridized carbons (Fsp3) is 0.429. The molecule has 1 aromatic rings. The number of benzene rings is 1. The van der Waals surface area contributed by atoms with Crippen molar-refractivity contribution in [1.29, 1.82) is 0 Å². The van der Waals surface area contributed by atoms with Crippen molar-refractivity contribution in [3.8, 4) is 0 Å². The number of allylic oxidation sites excluding steroid dienone is 1. The van der Waals surface area contributed by atoms with E-state index >= 15 is 0 Å². The van der Waals surface area contributed by atoms with E-state index in [1.54, 1.807) is 0 Å². The van der Waals surface area contributed by atoms with Crippen LogP contribution >= 0.6 is 0 Å². The van der Waals surface area contributed by atoms with Crippen LogP contribution in [-0.2, 0) is 9.47 Å². The van der Waals surface area contributed by atoms with Crippen molar-refractivity contribution in [2.75, 3.05) is 13.2 Å². The van der Waals surface area contributed by atoms with Crippen molar-refractivity contribution in [3.05, 3.63) is 42.5 Å². The molecule has 2 nitrogen and oxygen atoms in total. The van der Waals surface area contributed by atoms with Gasteiger partial charge in [-0.15, -0.1) is 0 Å². The van der Waals surface area contributed by atoms with Gasteiger partial charge in [0.1, 0.15) is 0 Å². The molecule has 1 rings (SSSR count). The van der Waals surface area contributed by atoms with Crippen molar-refractivity contribution in [2.24, 2.45) is 0 Å². The standard InChI is InChI=1S/C14H20O2Se/c1-3-5-11-16-14(15-4-2)12-17-13-9-7-6-8-10-13/h3,5-10,14H,4,11-12H2,1-2H3/b5-3+. The molecule has 0 radical (unpaired) electrons. The molecule has 0 spiro atoms. The molecule has 94 valence electrons. The first kappa shape index (κ1) is 14.5. The Labute approximate surface area is 110 Å². The second kappa shape index (κ2) is 9.43. The van der Waals surface area contributed by atoms with E-state index in [9.17, 15) is 0 Å². The number of hydrogen-bond acceptors (Lipinski definition) is 2. The van der Waals surface area contributed by atoms with Crippen LogP contribution in [0.2, 0.25) is 5.32 Å². The zero-order valence-corrected chi connectivity index (χ0v) is 12.2. The Morgan fingerprint density at radius 1 is 1.24 bits per heavy atom. The third-order valence-corrected chi connectivity index (χ3v) is 4.29. The minimum atomic E-state index is -0.0728. The zero-order chi connectivity index (χ0) is 12.3. The van der Waals surface area contributed by atoms with Gasteiger partial charge in [-0.1, -0.05) is 0 Å². The molecule has 1 aromatic carbocycles. The molecule has 0 saturated heterocycles. The van der Waals surface area contributed by atoms with E-state index < -0.39 is 0 Å². The second-order valence-corrected chi connectivity index (χ2v) is 5.71. The minimum absolute atomic E-state index is 0.0728. The van der Waals surface area contributed by atoms with Crippen LogP contribution < -0.4 is 4.46 Å². The summed E-state index contributed by atoms with van der Waals surface area (Å²) in [6.45, 7) is 5.33. The van der Waals surface area contributed by atoms with Gasteiger partial charge in [0.15, 0.2) is 0 Å². The van der Waals surface area contributed by atoms with Gasteiger partial charge in [-0.05, 0) is 0 Å². The second-order valence-electron chi connectivity index (χ2n) is 3.41. The molecule has 1 unspecified atom stereocenters. The summed E-state index contributed by atoms with van der Waals surface area (Å²) >= 11 is 0.414. The maximum atomic E-state index is 5.65. The van der Waals surface area contributed by atoms with Crippen molar-refractivity contribution < 1.29 is 9.47 Å². The van der Waals surface area contributed by atoms with Crippen molar-refractivity contribution in [2.45, 2.75) is 25.5 Å². The monoisotopic (exact) mass is 300 g/mol. The molecule has 0 aliphatic rings. The third-order valence-electron chi connectivity index (χ3n) is 2.10. The van der Waals surface area contributed by atoms with Crippen LogP contribution in [0.15, 0.2) is 42.5 Å². The van der Waals surface area contributed by atoms with Gasteiger partial charge in [0.2, 0.25) is 0 Å². The van der Waals surface area contributed by atoms with Gasteiger partial charge < -0.3 is 0 Å². The summed E-state index contributed by atoms with van der Waals surface area (Å²) in [5.74, 6) is 0. The molecule has 3 heteroatoms. The van der Waals surface area contributed by atoms with Crippen LogP contribution in [0.3, 0.4) is 0 Å². The topological polar surface area (TPSA) is 18.5 Å². The molecule has 0 amide bonds. The quantitative estimate of drug-likeness (QED) is 0.417. The molecule has 1 atom stereocenters. The van der Waals surface area contributed by atoms with Crippen molar-refractivity contribution >= 4 is 19.4 Å². The summed E-state index contributed by atoms with van der Waals surface area (Å²) in [5, 5.41) is 0.961. The molecule has 0 fully saturated rings. The Balaban J connectivity index is 2.33. The molecule has 17 heavy (non-hydrogen) atoms.